The van der Waals surface area contributed by atoms with Crippen molar-refractivity contribution >= 4 is 10.9 Å². The highest BCUT2D eigenvalue weighted by Gasteiger charge is 2.40. The van der Waals surface area contributed by atoms with Gasteiger partial charge >= 0.3 is 0 Å². The fourth-order valence-corrected chi connectivity index (χ4v) is 4.28. The zero-order chi connectivity index (χ0) is 13.7. The first-order valence-electron chi connectivity index (χ1n) is 7.77. The number of hydrogen-bond donors (Lipinski definition) is 2. The molecule has 2 bridgehead atoms. The maximum absolute atomic E-state index is 6.58. The predicted molar refractivity (Wildman–Crippen MR) is 82.5 cm³/mol. The molecule has 106 valence electrons. The largest absolute Gasteiger partial charge is 0.357 e. The molecular formula is C17H23N3. The minimum atomic E-state index is 0.152. The van der Waals surface area contributed by atoms with E-state index in [0.717, 1.165) is 12.1 Å². The lowest BCUT2D eigenvalue weighted by Gasteiger charge is -2.38. The Morgan fingerprint density at radius 2 is 1.90 bits per heavy atom. The standard InChI is InChI=1S/C17H23N3/c1-20-13-6-7-14(20)9-12(8-13)17(18)16-10-11-4-2-3-5-15(11)19-16/h2-5,10,12-14,17,19H,6-9,18H2,1H3. The summed E-state index contributed by atoms with van der Waals surface area (Å²) < 4.78 is 0. The van der Waals surface area contributed by atoms with Crippen molar-refractivity contribution in [1.82, 2.24) is 9.88 Å². The molecule has 2 aliphatic rings. The second-order valence-electron chi connectivity index (χ2n) is 6.62. The molecule has 4 rings (SSSR count). The lowest BCUT2D eigenvalue weighted by molar-refractivity contribution is 0.120. The Morgan fingerprint density at radius 1 is 1.20 bits per heavy atom. The maximum Gasteiger partial charge on any atom is 0.0477 e. The van der Waals surface area contributed by atoms with Crippen LogP contribution in [0.15, 0.2) is 30.3 Å². The molecule has 20 heavy (non-hydrogen) atoms. The number of benzene rings is 1. The highest BCUT2D eigenvalue weighted by atomic mass is 15.2. The van der Waals surface area contributed by atoms with Crippen LogP contribution in [0.5, 0.6) is 0 Å². The number of piperidine rings is 1. The van der Waals surface area contributed by atoms with Crippen molar-refractivity contribution in [1.29, 1.82) is 0 Å². The number of nitrogens with zero attached hydrogens (tertiary/aromatic N) is 1. The van der Waals surface area contributed by atoms with Crippen LogP contribution in [0.25, 0.3) is 10.9 Å². The van der Waals surface area contributed by atoms with E-state index in [4.69, 9.17) is 5.73 Å². The van der Waals surface area contributed by atoms with Gasteiger partial charge < -0.3 is 15.6 Å². The van der Waals surface area contributed by atoms with Crippen molar-refractivity contribution < 1.29 is 0 Å². The summed E-state index contributed by atoms with van der Waals surface area (Å²) in [5.41, 5.74) is 8.99. The molecule has 0 aliphatic carbocycles. The van der Waals surface area contributed by atoms with Gasteiger partial charge in [0, 0.05) is 29.3 Å². The number of nitrogens with two attached hydrogens (primary N) is 1. The lowest BCUT2D eigenvalue weighted by atomic mass is 9.84. The highest BCUT2D eigenvalue weighted by molar-refractivity contribution is 5.80. The Balaban J connectivity index is 1.59. The first-order chi connectivity index (χ1) is 9.72. The third kappa shape index (κ3) is 1.88. The van der Waals surface area contributed by atoms with Crippen LogP contribution in [-0.4, -0.2) is 29.0 Å². The summed E-state index contributed by atoms with van der Waals surface area (Å²) in [5, 5.41) is 1.27. The monoisotopic (exact) mass is 269 g/mol. The SMILES string of the molecule is CN1C2CCC1CC(C(N)c1cc3ccccc3[nH]1)C2. The third-order valence-electron chi connectivity index (χ3n) is 5.55. The number of hydrogen-bond acceptors (Lipinski definition) is 2. The first-order valence-corrected chi connectivity index (χ1v) is 7.77. The maximum atomic E-state index is 6.58. The molecule has 0 radical (unpaired) electrons. The normalized spacial score (nSPS) is 31.8. The number of aromatic amines is 1. The molecule has 0 saturated carbocycles. The van der Waals surface area contributed by atoms with Crippen LogP contribution in [0, 0.1) is 5.92 Å². The van der Waals surface area contributed by atoms with Crippen molar-refractivity contribution in [3.63, 3.8) is 0 Å². The van der Waals surface area contributed by atoms with Crippen LogP contribution in [-0.2, 0) is 0 Å². The summed E-state index contributed by atoms with van der Waals surface area (Å²) in [6.45, 7) is 0. The molecule has 2 aliphatic heterocycles. The molecule has 3 heteroatoms. The summed E-state index contributed by atoms with van der Waals surface area (Å²) in [6.07, 6.45) is 5.22. The van der Waals surface area contributed by atoms with E-state index in [1.165, 1.54) is 42.3 Å². The zero-order valence-electron chi connectivity index (χ0n) is 12.0. The summed E-state index contributed by atoms with van der Waals surface area (Å²) in [4.78, 5) is 6.09. The molecule has 3 atom stereocenters. The van der Waals surface area contributed by atoms with Gasteiger partial charge in [-0.1, -0.05) is 18.2 Å². The molecule has 3 heterocycles. The van der Waals surface area contributed by atoms with Crippen molar-refractivity contribution in [2.45, 2.75) is 43.8 Å². The van der Waals surface area contributed by atoms with E-state index < -0.39 is 0 Å². The van der Waals surface area contributed by atoms with Crippen molar-refractivity contribution in [3.05, 3.63) is 36.0 Å². The second kappa shape index (κ2) is 4.61. The van der Waals surface area contributed by atoms with E-state index in [0.29, 0.717) is 5.92 Å². The van der Waals surface area contributed by atoms with E-state index in [-0.39, 0.29) is 6.04 Å². The Bertz CT molecular complexity index is 570. The molecule has 2 fully saturated rings. The number of rotatable bonds is 2. The van der Waals surface area contributed by atoms with E-state index in [9.17, 15) is 0 Å². The van der Waals surface area contributed by atoms with Crippen molar-refractivity contribution in [2.75, 3.05) is 7.05 Å². The fraction of sp³-hybridized carbons (Fsp3) is 0.529. The first kappa shape index (κ1) is 12.4. The van der Waals surface area contributed by atoms with E-state index in [1.807, 2.05) is 0 Å². The van der Waals surface area contributed by atoms with Crippen LogP contribution in [0.4, 0.5) is 0 Å². The smallest absolute Gasteiger partial charge is 0.0477 e. The Labute approximate surface area is 120 Å². The highest BCUT2D eigenvalue weighted by Crippen LogP contribution is 2.41. The Kier molecular flexibility index (Phi) is 2.86. The van der Waals surface area contributed by atoms with Crippen LogP contribution in [0.1, 0.15) is 37.4 Å². The summed E-state index contributed by atoms with van der Waals surface area (Å²) in [5.74, 6) is 0.622. The lowest BCUT2D eigenvalue weighted by Crippen LogP contribution is -2.42. The second-order valence-corrected chi connectivity index (χ2v) is 6.62. The Hall–Kier alpha value is -1.32. The van der Waals surface area contributed by atoms with Crippen LogP contribution < -0.4 is 5.73 Å². The molecule has 2 aromatic rings. The quantitative estimate of drug-likeness (QED) is 0.880. The summed E-state index contributed by atoms with van der Waals surface area (Å²) >= 11 is 0. The number of nitrogens with one attached hydrogen (secondary N) is 1. The molecule has 3 nitrogen and oxygen atoms in total. The van der Waals surface area contributed by atoms with Gasteiger partial charge in [0.25, 0.3) is 0 Å². The van der Waals surface area contributed by atoms with Crippen LogP contribution in [0.3, 0.4) is 0 Å². The molecule has 2 saturated heterocycles. The summed E-state index contributed by atoms with van der Waals surface area (Å²) in [6, 6.07) is 12.3. The molecule has 0 spiro atoms. The van der Waals surface area contributed by atoms with E-state index in [2.05, 4.69) is 47.3 Å². The van der Waals surface area contributed by atoms with Gasteiger partial charge in [-0.15, -0.1) is 0 Å². The van der Waals surface area contributed by atoms with Crippen molar-refractivity contribution in [2.24, 2.45) is 11.7 Å². The summed E-state index contributed by atoms with van der Waals surface area (Å²) in [7, 11) is 2.28. The minimum absolute atomic E-state index is 0.152. The Morgan fingerprint density at radius 3 is 2.60 bits per heavy atom. The van der Waals surface area contributed by atoms with Gasteiger partial charge in [0.05, 0.1) is 0 Å². The van der Waals surface area contributed by atoms with Gasteiger partial charge in [0.2, 0.25) is 0 Å². The minimum Gasteiger partial charge on any atom is -0.357 e. The molecule has 1 aromatic carbocycles. The van der Waals surface area contributed by atoms with Gasteiger partial charge in [-0.05, 0) is 56.2 Å². The number of H-pyrrole nitrogens is 1. The molecule has 3 unspecified atom stereocenters. The van der Waals surface area contributed by atoms with E-state index in [1.54, 1.807) is 0 Å². The average molecular weight is 269 g/mol. The third-order valence-corrected chi connectivity index (χ3v) is 5.55. The number of fused-ring (bicyclic) bond motifs is 3. The van der Waals surface area contributed by atoms with Gasteiger partial charge in [-0.25, -0.2) is 0 Å². The fourth-order valence-electron chi connectivity index (χ4n) is 4.28. The van der Waals surface area contributed by atoms with E-state index >= 15 is 0 Å². The van der Waals surface area contributed by atoms with Gasteiger partial charge in [-0.3, -0.25) is 0 Å². The average Bonchev–Trinajstić information content (AvgIpc) is 2.95. The van der Waals surface area contributed by atoms with Gasteiger partial charge in [0.1, 0.15) is 0 Å². The van der Waals surface area contributed by atoms with Crippen LogP contribution in [0.2, 0.25) is 0 Å². The number of aromatic nitrogens is 1. The predicted octanol–water partition coefficient (Wildman–Crippen LogP) is 3.04. The zero-order valence-corrected chi connectivity index (χ0v) is 12.0. The molecular weight excluding hydrogens is 246 g/mol. The molecule has 3 N–H and O–H groups in total. The number of para-hydroxylation sites is 1. The molecule has 1 aromatic heterocycles. The van der Waals surface area contributed by atoms with Crippen LogP contribution >= 0.6 is 0 Å². The topological polar surface area (TPSA) is 45.0 Å². The van der Waals surface area contributed by atoms with Gasteiger partial charge in [-0.2, -0.15) is 0 Å². The van der Waals surface area contributed by atoms with Gasteiger partial charge in [0.15, 0.2) is 0 Å². The van der Waals surface area contributed by atoms with Crippen molar-refractivity contribution in [3.8, 4) is 0 Å². The molecule has 0 amide bonds.